The van der Waals surface area contributed by atoms with Crippen molar-refractivity contribution in [3.05, 3.63) is 224 Å². The molecule has 0 atom stereocenters. The summed E-state index contributed by atoms with van der Waals surface area (Å²) in [4.78, 5) is 2.33. The van der Waals surface area contributed by atoms with Crippen molar-refractivity contribution < 1.29 is 8.83 Å². The highest BCUT2D eigenvalue weighted by molar-refractivity contribution is 6.07. The number of hydrogen-bond acceptors (Lipinski definition) is 3. The highest BCUT2D eigenvalue weighted by atomic mass is 16.3. The van der Waals surface area contributed by atoms with Gasteiger partial charge in [-0.3, -0.25) is 0 Å². The molecule has 0 fully saturated rings. The Balaban J connectivity index is 0.908. The normalized spacial score (nSPS) is 11.6. The molecule has 0 aliphatic rings. The van der Waals surface area contributed by atoms with Crippen molar-refractivity contribution in [3.63, 3.8) is 0 Å². The van der Waals surface area contributed by atoms with Crippen LogP contribution in [0, 0.1) is 0 Å². The van der Waals surface area contributed by atoms with Gasteiger partial charge in [0.25, 0.3) is 0 Å². The number of anilines is 3. The number of para-hydroxylation sites is 2. The van der Waals surface area contributed by atoms with Gasteiger partial charge in [0.1, 0.15) is 22.3 Å². The molecule has 0 aliphatic heterocycles. The van der Waals surface area contributed by atoms with E-state index >= 15 is 0 Å². The van der Waals surface area contributed by atoms with Gasteiger partial charge in [0, 0.05) is 38.6 Å². The molecule has 2 heterocycles. The van der Waals surface area contributed by atoms with E-state index in [0.717, 1.165) is 83.2 Å². The fraction of sp³-hybridized carbons (Fsp3) is 0. The summed E-state index contributed by atoms with van der Waals surface area (Å²) in [5, 5.41) is 7.03. The Morgan fingerprint density at radius 2 is 0.689 bits per heavy atom. The van der Waals surface area contributed by atoms with E-state index < -0.39 is 0 Å². The predicted octanol–water partition coefficient (Wildman–Crippen LogP) is 16.8. The van der Waals surface area contributed by atoms with Crippen LogP contribution >= 0.6 is 0 Å². The lowest BCUT2D eigenvalue weighted by Crippen LogP contribution is -2.09. The van der Waals surface area contributed by atoms with Gasteiger partial charge in [-0.15, -0.1) is 0 Å². The molecule has 0 saturated heterocycles. The molecule has 12 rings (SSSR count). The lowest BCUT2D eigenvalue weighted by Gasteiger charge is -2.26. The van der Waals surface area contributed by atoms with E-state index in [-0.39, 0.29) is 0 Å². The second kappa shape index (κ2) is 14.3. The minimum Gasteiger partial charge on any atom is -0.456 e. The van der Waals surface area contributed by atoms with Gasteiger partial charge in [-0.2, -0.15) is 0 Å². The average molecular weight is 780 g/mol. The SMILES string of the molecule is c1cc(-c2ccc(N(c3ccc(-c4ccc5c(c4)oc4ccccc45)cc3)c3ccc(-c4ccc5oc6ccccc6c5c4)cc3)cc2)cc(-c2cccc3ccccc23)c1. The second-order valence-electron chi connectivity index (χ2n) is 15.7. The van der Waals surface area contributed by atoms with Gasteiger partial charge in [-0.25, -0.2) is 0 Å². The van der Waals surface area contributed by atoms with E-state index in [4.69, 9.17) is 8.83 Å². The third kappa shape index (κ3) is 6.14. The first kappa shape index (κ1) is 34.9. The van der Waals surface area contributed by atoms with Crippen molar-refractivity contribution in [3.8, 4) is 44.5 Å². The van der Waals surface area contributed by atoms with E-state index in [1.54, 1.807) is 0 Å². The summed E-state index contributed by atoms with van der Waals surface area (Å²) in [6, 6.07) is 80.1. The minimum atomic E-state index is 0.896. The number of nitrogens with zero attached hydrogens (tertiary/aromatic N) is 1. The van der Waals surface area contributed by atoms with Crippen LogP contribution in [-0.2, 0) is 0 Å². The maximum Gasteiger partial charge on any atom is 0.136 e. The first-order chi connectivity index (χ1) is 30.2. The molecule has 0 N–H and O–H groups in total. The van der Waals surface area contributed by atoms with Crippen molar-refractivity contribution >= 4 is 71.7 Å². The summed E-state index contributed by atoms with van der Waals surface area (Å²) in [7, 11) is 0. The Labute approximate surface area is 353 Å². The summed E-state index contributed by atoms with van der Waals surface area (Å²) in [6.07, 6.45) is 0. The largest absolute Gasteiger partial charge is 0.456 e. The van der Waals surface area contributed by atoms with Crippen molar-refractivity contribution in [2.75, 3.05) is 4.90 Å². The Morgan fingerprint density at radius 3 is 1.36 bits per heavy atom. The van der Waals surface area contributed by atoms with Crippen LogP contribution in [0.25, 0.3) is 99.2 Å². The standard InChI is InChI=1S/C58H37NO2/c1-2-13-49-41(9-1)10-8-16-50(49)45-12-7-11-42(35-45)38-19-27-46(28-20-38)59(47-29-21-39(22-30-47)43-26-34-57-54(36-43)52-15-4-6-18-56(52)60-57)48-31-23-40(24-32-48)44-25-33-53-51-14-3-5-17-55(51)61-58(53)37-44/h1-37H. The van der Waals surface area contributed by atoms with Crippen LogP contribution in [-0.4, -0.2) is 0 Å². The predicted molar refractivity (Wildman–Crippen MR) is 255 cm³/mol. The zero-order valence-corrected chi connectivity index (χ0v) is 33.1. The van der Waals surface area contributed by atoms with Gasteiger partial charge in [0.2, 0.25) is 0 Å². The van der Waals surface area contributed by atoms with E-state index in [9.17, 15) is 0 Å². The van der Waals surface area contributed by atoms with Crippen LogP contribution in [0.5, 0.6) is 0 Å². The average Bonchev–Trinajstić information content (AvgIpc) is 3.90. The summed E-state index contributed by atoms with van der Waals surface area (Å²) in [5.41, 5.74) is 16.2. The molecule has 61 heavy (non-hydrogen) atoms. The minimum absolute atomic E-state index is 0.896. The van der Waals surface area contributed by atoms with Crippen LogP contribution in [0.3, 0.4) is 0 Å². The lowest BCUT2D eigenvalue weighted by molar-refractivity contribution is 0.668. The number of fused-ring (bicyclic) bond motifs is 7. The highest BCUT2D eigenvalue weighted by Crippen LogP contribution is 2.40. The van der Waals surface area contributed by atoms with E-state index in [2.05, 4.69) is 205 Å². The Kier molecular flexibility index (Phi) is 8.17. The second-order valence-corrected chi connectivity index (χ2v) is 15.7. The van der Waals surface area contributed by atoms with Gasteiger partial charge in [-0.1, -0.05) is 146 Å². The van der Waals surface area contributed by atoms with E-state index in [1.807, 2.05) is 24.3 Å². The molecule has 0 aliphatic carbocycles. The van der Waals surface area contributed by atoms with Gasteiger partial charge in [0.05, 0.1) is 0 Å². The third-order valence-electron chi connectivity index (χ3n) is 12.1. The van der Waals surface area contributed by atoms with Crippen molar-refractivity contribution in [2.24, 2.45) is 0 Å². The maximum atomic E-state index is 6.24. The van der Waals surface area contributed by atoms with Crippen molar-refractivity contribution in [2.45, 2.75) is 0 Å². The number of hydrogen-bond donors (Lipinski definition) is 0. The molecule has 0 spiro atoms. The first-order valence-electron chi connectivity index (χ1n) is 20.7. The quantitative estimate of drug-likeness (QED) is 0.161. The van der Waals surface area contributed by atoms with Gasteiger partial charge in [0.15, 0.2) is 0 Å². The van der Waals surface area contributed by atoms with Crippen LogP contribution in [0.2, 0.25) is 0 Å². The Bertz CT molecular complexity index is 3570. The fourth-order valence-corrected chi connectivity index (χ4v) is 9.01. The molecule has 0 amide bonds. The molecule has 3 heteroatoms. The van der Waals surface area contributed by atoms with Crippen LogP contribution in [0.4, 0.5) is 17.1 Å². The van der Waals surface area contributed by atoms with Gasteiger partial charge < -0.3 is 13.7 Å². The Hall–Kier alpha value is -8.14. The van der Waals surface area contributed by atoms with Gasteiger partial charge in [-0.05, 0) is 134 Å². The molecule has 286 valence electrons. The fourth-order valence-electron chi connectivity index (χ4n) is 9.01. The maximum absolute atomic E-state index is 6.24. The number of benzene rings is 10. The first-order valence-corrected chi connectivity index (χ1v) is 20.7. The summed E-state index contributed by atoms with van der Waals surface area (Å²) < 4.78 is 12.4. The molecular weight excluding hydrogens is 743 g/mol. The zero-order chi connectivity index (χ0) is 40.3. The van der Waals surface area contributed by atoms with Crippen LogP contribution in [0.15, 0.2) is 233 Å². The molecule has 12 aromatic rings. The van der Waals surface area contributed by atoms with Crippen LogP contribution < -0.4 is 4.90 Å². The smallest absolute Gasteiger partial charge is 0.136 e. The molecule has 0 saturated carbocycles. The number of rotatable bonds is 7. The molecular formula is C58H37NO2. The molecule has 2 aromatic heterocycles. The van der Waals surface area contributed by atoms with E-state index in [0.29, 0.717) is 0 Å². The van der Waals surface area contributed by atoms with Gasteiger partial charge >= 0.3 is 0 Å². The summed E-state index contributed by atoms with van der Waals surface area (Å²) in [6.45, 7) is 0. The van der Waals surface area contributed by atoms with Crippen molar-refractivity contribution in [1.29, 1.82) is 0 Å². The number of furan rings is 2. The molecule has 3 nitrogen and oxygen atoms in total. The summed E-state index contributed by atoms with van der Waals surface area (Å²) in [5.74, 6) is 0. The van der Waals surface area contributed by atoms with Crippen molar-refractivity contribution in [1.82, 2.24) is 0 Å². The Morgan fingerprint density at radius 1 is 0.246 bits per heavy atom. The summed E-state index contributed by atoms with van der Waals surface area (Å²) >= 11 is 0. The molecule has 0 bridgehead atoms. The topological polar surface area (TPSA) is 29.5 Å². The van der Waals surface area contributed by atoms with Crippen LogP contribution in [0.1, 0.15) is 0 Å². The molecule has 10 aromatic carbocycles. The third-order valence-corrected chi connectivity index (χ3v) is 12.1. The molecule has 0 unspecified atom stereocenters. The van der Waals surface area contributed by atoms with E-state index in [1.165, 1.54) is 33.0 Å². The highest BCUT2D eigenvalue weighted by Gasteiger charge is 2.16. The lowest BCUT2D eigenvalue weighted by atomic mass is 9.95. The zero-order valence-electron chi connectivity index (χ0n) is 33.1. The monoisotopic (exact) mass is 779 g/mol. The molecule has 0 radical (unpaired) electrons.